The summed E-state index contributed by atoms with van der Waals surface area (Å²) in [6, 6.07) is 5.93. The maximum absolute atomic E-state index is 12.2. The maximum atomic E-state index is 12.2. The summed E-state index contributed by atoms with van der Waals surface area (Å²) >= 11 is 17.8. The van der Waals surface area contributed by atoms with Crippen LogP contribution in [0.15, 0.2) is 23.3 Å². The van der Waals surface area contributed by atoms with Crippen LogP contribution in [0, 0.1) is 13.8 Å². The largest absolute Gasteiger partial charge is 0.396 e. The third-order valence-electron chi connectivity index (χ3n) is 3.60. The molecule has 126 valence electrons. The zero-order chi connectivity index (χ0) is 18.0. The van der Waals surface area contributed by atoms with Gasteiger partial charge in [0.25, 0.3) is 10.8 Å². The lowest BCUT2D eigenvalue weighted by atomic mass is 10.0. The first-order valence-corrected chi connectivity index (χ1v) is 8.13. The van der Waals surface area contributed by atoms with E-state index in [-0.39, 0.29) is 26.6 Å². The van der Waals surface area contributed by atoms with E-state index >= 15 is 0 Å². The van der Waals surface area contributed by atoms with Crippen molar-refractivity contribution >= 4 is 52.1 Å². The van der Waals surface area contributed by atoms with Crippen molar-refractivity contribution < 1.29 is 9.78 Å². The van der Waals surface area contributed by atoms with Gasteiger partial charge in [-0.05, 0) is 55.1 Å². The van der Waals surface area contributed by atoms with Gasteiger partial charge in [-0.15, -0.1) is 0 Å². The molecule has 0 bridgehead atoms. The molecule has 0 fully saturated rings. The smallest absolute Gasteiger partial charge is 0.337 e. The van der Waals surface area contributed by atoms with Crippen LogP contribution in [0.5, 0.6) is 0 Å². The van der Waals surface area contributed by atoms with Crippen LogP contribution in [0.25, 0.3) is 0 Å². The number of rotatable bonds is 3. The van der Waals surface area contributed by atoms with Gasteiger partial charge >= 0.3 is 5.91 Å². The van der Waals surface area contributed by atoms with Gasteiger partial charge in [0.05, 0.1) is 11.4 Å². The molecule has 0 radical (unpaired) electrons. The molecule has 24 heavy (non-hydrogen) atoms. The number of pyridine rings is 1. The molecule has 1 amide bonds. The summed E-state index contributed by atoms with van der Waals surface area (Å²) in [4.78, 5) is 14.9. The lowest BCUT2D eigenvalue weighted by molar-refractivity contribution is -0.379. The third-order valence-corrected chi connectivity index (χ3v) is 4.76. The van der Waals surface area contributed by atoms with Crippen molar-refractivity contribution in [3.63, 3.8) is 0 Å². The number of anilines is 1. The number of halogens is 3. The summed E-state index contributed by atoms with van der Waals surface area (Å²) < 4.78 is 0. The Morgan fingerprint density at radius 3 is 2.46 bits per heavy atom. The molecule has 8 heteroatoms. The average Bonchev–Trinajstić information content (AvgIpc) is 2.56. The number of nitrogens with zero attached hydrogens (tertiary/aromatic N) is 1. The van der Waals surface area contributed by atoms with E-state index in [1.54, 1.807) is 6.92 Å². The fourth-order valence-electron chi connectivity index (χ4n) is 1.95. The summed E-state index contributed by atoms with van der Waals surface area (Å²) in [6.45, 7) is 5.83. The number of carbonyl (C=O) groups is 1. The monoisotopic (exact) mass is 385 g/mol. The standard InChI is InChI=1S/C16H15Cl3N4O/c1-7-4-5-10(6-8(7)2)9(3)22-23-16(24)14-11(17)13(20)12(18)15(19)21-14/h4-6H,1-3H3,(H2,20,21)(H,23,24)/p+1/b22-9-. The first kappa shape index (κ1) is 18.5. The Morgan fingerprint density at radius 1 is 1.17 bits per heavy atom. The van der Waals surface area contributed by atoms with Gasteiger partial charge in [0.1, 0.15) is 10.0 Å². The number of nitrogen functional groups attached to an aromatic ring is 1. The number of hydrogen-bond acceptors (Lipinski definition) is 3. The fraction of sp³-hybridized carbons (Fsp3) is 0.188. The highest BCUT2D eigenvalue weighted by atomic mass is 35.5. The van der Waals surface area contributed by atoms with E-state index in [2.05, 4.69) is 15.5 Å². The van der Waals surface area contributed by atoms with Gasteiger partial charge in [0, 0.05) is 0 Å². The van der Waals surface area contributed by atoms with Gasteiger partial charge in [-0.25, -0.2) is 5.43 Å². The topological polar surface area (TPSA) is 81.6 Å². The Morgan fingerprint density at radius 2 is 1.83 bits per heavy atom. The Bertz CT molecular complexity index is 850. The van der Waals surface area contributed by atoms with E-state index in [9.17, 15) is 4.79 Å². The molecule has 1 aromatic carbocycles. The first-order valence-electron chi connectivity index (χ1n) is 6.99. The summed E-state index contributed by atoms with van der Waals surface area (Å²) in [5.41, 5.74) is 12.0. The lowest BCUT2D eigenvalue weighted by Gasteiger charge is -2.06. The van der Waals surface area contributed by atoms with Gasteiger partial charge < -0.3 is 5.73 Å². The summed E-state index contributed by atoms with van der Waals surface area (Å²) in [6.07, 6.45) is 0. The quantitative estimate of drug-likeness (QED) is 0.478. The highest BCUT2D eigenvalue weighted by Crippen LogP contribution is 2.31. The zero-order valence-electron chi connectivity index (χ0n) is 13.3. The average molecular weight is 387 g/mol. The SMILES string of the molecule is C/C(=N/NC(=O)c1[nH+]c(Cl)c(Cl)c(N)c1Cl)c1ccc(C)c(C)c1. The Hall–Kier alpha value is -1.82. The van der Waals surface area contributed by atoms with Crippen molar-refractivity contribution in [2.24, 2.45) is 5.10 Å². The number of nitrogens with two attached hydrogens (primary N) is 1. The summed E-state index contributed by atoms with van der Waals surface area (Å²) in [5, 5.41) is 4.16. The van der Waals surface area contributed by atoms with Crippen LogP contribution in [0.2, 0.25) is 15.2 Å². The minimum absolute atomic E-state index is 0.0130. The van der Waals surface area contributed by atoms with Crippen LogP contribution in [0.1, 0.15) is 34.1 Å². The second kappa shape index (κ2) is 7.38. The molecule has 1 aromatic heterocycles. The molecule has 0 spiro atoms. The van der Waals surface area contributed by atoms with Gasteiger partial charge in [0.15, 0.2) is 0 Å². The van der Waals surface area contributed by atoms with E-state index in [1.165, 1.54) is 5.56 Å². The number of amides is 1. The molecule has 0 saturated carbocycles. The molecule has 0 atom stereocenters. The molecule has 1 heterocycles. The van der Waals surface area contributed by atoms with Crippen molar-refractivity contribution in [1.82, 2.24) is 5.43 Å². The highest BCUT2D eigenvalue weighted by molar-refractivity contribution is 6.45. The maximum Gasteiger partial charge on any atom is 0.337 e. The normalized spacial score (nSPS) is 11.5. The number of hydrogen-bond donors (Lipinski definition) is 2. The van der Waals surface area contributed by atoms with Crippen molar-refractivity contribution in [2.45, 2.75) is 20.8 Å². The number of aromatic amines is 1. The molecule has 5 nitrogen and oxygen atoms in total. The second-order valence-electron chi connectivity index (χ2n) is 5.29. The minimum Gasteiger partial charge on any atom is -0.396 e. The molecular weight excluding hydrogens is 371 g/mol. The number of aryl methyl sites for hydroxylation is 2. The van der Waals surface area contributed by atoms with Gasteiger partial charge in [0.2, 0.25) is 0 Å². The molecule has 0 saturated heterocycles. The highest BCUT2D eigenvalue weighted by Gasteiger charge is 2.25. The molecule has 4 N–H and O–H groups in total. The lowest BCUT2D eigenvalue weighted by Crippen LogP contribution is -2.29. The van der Waals surface area contributed by atoms with Gasteiger partial charge in [-0.3, -0.25) is 4.79 Å². The fourth-order valence-corrected chi connectivity index (χ4v) is 2.56. The number of hydrazone groups is 1. The molecular formula is C16H16Cl3N4O+. The number of carbonyl (C=O) groups excluding carboxylic acids is 1. The Labute approximate surface area is 154 Å². The van der Waals surface area contributed by atoms with Crippen molar-refractivity contribution in [2.75, 3.05) is 5.73 Å². The Balaban J connectivity index is 2.25. The molecule has 0 unspecified atom stereocenters. The van der Waals surface area contributed by atoms with E-state index in [4.69, 9.17) is 40.5 Å². The molecule has 2 rings (SSSR count). The Kier molecular flexibility index (Phi) is 5.70. The van der Waals surface area contributed by atoms with E-state index in [1.807, 2.05) is 32.0 Å². The predicted molar refractivity (Wildman–Crippen MR) is 98.0 cm³/mol. The van der Waals surface area contributed by atoms with Crippen LogP contribution >= 0.6 is 34.8 Å². The van der Waals surface area contributed by atoms with Crippen molar-refractivity contribution in [1.29, 1.82) is 0 Å². The zero-order valence-corrected chi connectivity index (χ0v) is 15.6. The molecule has 2 aromatic rings. The van der Waals surface area contributed by atoms with Crippen molar-refractivity contribution in [3.05, 3.63) is 55.8 Å². The van der Waals surface area contributed by atoms with E-state index < -0.39 is 5.91 Å². The molecule has 0 aliphatic heterocycles. The van der Waals surface area contributed by atoms with E-state index in [0.29, 0.717) is 5.71 Å². The summed E-state index contributed by atoms with van der Waals surface area (Å²) in [5.74, 6) is -0.576. The minimum atomic E-state index is -0.576. The predicted octanol–water partition coefficient (Wildman–Crippen LogP) is 3.81. The number of aromatic nitrogens is 1. The number of nitrogens with one attached hydrogen (secondary N) is 2. The third kappa shape index (κ3) is 3.80. The van der Waals surface area contributed by atoms with Crippen LogP contribution < -0.4 is 16.1 Å². The molecule has 0 aliphatic carbocycles. The number of H-pyrrole nitrogens is 1. The van der Waals surface area contributed by atoms with Crippen LogP contribution in [0.3, 0.4) is 0 Å². The van der Waals surface area contributed by atoms with Crippen LogP contribution in [-0.2, 0) is 0 Å². The van der Waals surface area contributed by atoms with Crippen LogP contribution in [0.4, 0.5) is 5.69 Å². The number of benzene rings is 1. The summed E-state index contributed by atoms with van der Waals surface area (Å²) in [7, 11) is 0. The van der Waals surface area contributed by atoms with E-state index in [0.717, 1.165) is 11.1 Å². The second-order valence-corrected chi connectivity index (χ2v) is 6.43. The van der Waals surface area contributed by atoms with Crippen molar-refractivity contribution in [3.8, 4) is 0 Å². The van der Waals surface area contributed by atoms with Gasteiger partial charge in [-0.2, -0.15) is 10.1 Å². The van der Waals surface area contributed by atoms with Crippen LogP contribution in [-0.4, -0.2) is 11.6 Å². The van der Waals surface area contributed by atoms with Gasteiger partial charge in [-0.1, -0.05) is 35.3 Å². The molecule has 0 aliphatic rings. The first-order chi connectivity index (χ1) is 11.2.